The summed E-state index contributed by atoms with van der Waals surface area (Å²) in [5.74, 6) is 0.0430. The Morgan fingerprint density at radius 3 is 2.61 bits per heavy atom. The van der Waals surface area contributed by atoms with Gasteiger partial charge in [0.15, 0.2) is 0 Å². The van der Waals surface area contributed by atoms with E-state index < -0.39 is 0 Å². The Balaban J connectivity index is 1.27. The smallest absolute Gasteiger partial charge is 0.246 e. The van der Waals surface area contributed by atoms with Crippen molar-refractivity contribution in [3.63, 3.8) is 0 Å². The van der Waals surface area contributed by atoms with Crippen LogP contribution in [0.15, 0.2) is 60.8 Å². The number of anilines is 1. The van der Waals surface area contributed by atoms with Gasteiger partial charge in [0.2, 0.25) is 5.91 Å². The lowest BCUT2D eigenvalue weighted by atomic mass is 10.1. The summed E-state index contributed by atoms with van der Waals surface area (Å²) in [6.07, 6.45) is 5.31. The summed E-state index contributed by atoms with van der Waals surface area (Å²) in [6, 6.07) is 16.7. The molecule has 156 valence electrons. The van der Waals surface area contributed by atoms with Crippen molar-refractivity contribution in [2.75, 3.05) is 31.1 Å². The summed E-state index contributed by atoms with van der Waals surface area (Å²) < 4.78 is 0. The number of nitrogens with zero attached hydrogens (tertiary/aromatic N) is 3. The number of hydrogen-bond donors (Lipinski definition) is 1. The molecule has 1 aliphatic heterocycles. The number of carbonyl (C=O) groups is 1. The van der Waals surface area contributed by atoms with E-state index in [1.54, 1.807) is 6.08 Å². The molecule has 1 N–H and O–H groups in total. The second-order valence-electron chi connectivity index (χ2n) is 8.19. The van der Waals surface area contributed by atoms with Gasteiger partial charge in [0.1, 0.15) is 0 Å². The van der Waals surface area contributed by atoms with Crippen molar-refractivity contribution in [2.45, 2.75) is 13.8 Å². The van der Waals surface area contributed by atoms with Gasteiger partial charge in [-0.05, 0) is 49.2 Å². The number of nitrogens with one attached hydrogen (secondary N) is 1. The van der Waals surface area contributed by atoms with Gasteiger partial charge in [-0.1, -0.05) is 30.3 Å². The van der Waals surface area contributed by atoms with Crippen LogP contribution in [0.4, 0.5) is 5.69 Å². The molecule has 0 unspecified atom stereocenters. The summed E-state index contributed by atoms with van der Waals surface area (Å²) in [7, 11) is 0. The van der Waals surface area contributed by atoms with E-state index in [4.69, 9.17) is 0 Å². The molecule has 3 heterocycles. The first-order valence-corrected chi connectivity index (χ1v) is 10.7. The average Bonchev–Trinajstić information content (AvgIpc) is 3.17. The second kappa shape index (κ2) is 7.91. The largest absolute Gasteiger partial charge is 0.368 e. The number of rotatable bonds is 3. The minimum Gasteiger partial charge on any atom is -0.368 e. The highest BCUT2D eigenvalue weighted by Gasteiger charge is 2.21. The number of para-hydroxylation sites is 1. The van der Waals surface area contributed by atoms with Gasteiger partial charge in [-0.3, -0.25) is 9.78 Å². The van der Waals surface area contributed by atoms with E-state index >= 15 is 0 Å². The van der Waals surface area contributed by atoms with Crippen LogP contribution in [-0.4, -0.2) is 47.0 Å². The first kappa shape index (κ1) is 19.4. The fourth-order valence-corrected chi connectivity index (χ4v) is 4.37. The third-order valence-electron chi connectivity index (χ3n) is 6.32. The Labute approximate surface area is 182 Å². The summed E-state index contributed by atoms with van der Waals surface area (Å²) in [5.41, 5.74) is 6.79. The van der Waals surface area contributed by atoms with Crippen LogP contribution >= 0.6 is 0 Å². The zero-order chi connectivity index (χ0) is 21.4. The Morgan fingerprint density at radius 2 is 1.77 bits per heavy atom. The van der Waals surface area contributed by atoms with Crippen molar-refractivity contribution >= 4 is 39.5 Å². The van der Waals surface area contributed by atoms with Crippen LogP contribution in [0.25, 0.3) is 27.9 Å². The summed E-state index contributed by atoms with van der Waals surface area (Å²) in [6.45, 7) is 7.47. The lowest BCUT2D eigenvalue weighted by molar-refractivity contribution is -0.126. The highest BCUT2D eigenvalue weighted by Crippen LogP contribution is 2.26. The third kappa shape index (κ3) is 3.67. The number of amides is 1. The van der Waals surface area contributed by atoms with E-state index in [-0.39, 0.29) is 5.91 Å². The van der Waals surface area contributed by atoms with Crippen LogP contribution in [0.2, 0.25) is 0 Å². The predicted molar refractivity (Wildman–Crippen MR) is 127 cm³/mol. The number of benzene rings is 2. The number of aromatic nitrogens is 2. The molecule has 0 atom stereocenters. The summed E-state index contributed by atoms with van der Waals surface area (Å²) in [4.78, 5) is 24.9. The molecule has 31 heavy (non-hydrogen) atoms. The molecular formula is C26H26N4O. The number of piperazine rings is 1. The fourth-order valence-electron chi connectivity index (χ4n) is 4.37. The van der Waals surface area contributed by atoms with Gasteiger partial charge >= 0.3 is 0 Å². The van der Waals surface area contributed by atoms with Gasteiger partial charge in [-0.15, -0.1) is 0 Å². The van der Waals surface area contributed by atoms with E-state index in [9.17, 15) is 4.79 Å². The molecule has 5 heteroatoms. The van der Waals surface area contributed by atoms with Gasteiger partial charge < -0.3 is 14.8 Å². The molecule has 0 bridgehead atoms. The van der Waals surface area contributed by atoms with Crippen LogP contribution in [0.1, 0.15) is 16.8 Å². The Bertz CT molecular complexity index is 1300. The number of aromatic amines is 1. The number of aryl methyl sites for hydroxylation is 1. The van der Waals surface area contributed by atoms with Crippen molar-refractivity contribution < 1.29 is 4.79 Å². The van der Waals surface area contributed by atoms with E-state index in [2.05, 4.69) is 59.0 Å². The van der Waals surface area contributed by atoms with Gasteiger partial charge in [0.25, 0.3) is 0 Å². The SMILES string of the molecule is Cc1cccc(N2CCN(C(=O)/C=C/c3cc4c(cn3)[nH]c3ccccc34)CC2)c1C. The number of H-pyrrole nitrogens is 1. The minimum atomic E-state index is 0.0430. The topological polar surface area (TPSA) is 52.2 Å². The van der Waals surface area contributed by atoms with E-state index in [0.29, 0.717) is 0 Å². The number of carbonyl (C=O) groups excluding carboxylic acids is 1. The van der Waals surface area contributed by atoms with Crippen LogP contribution < -0.4 is 4.90 Å². The molecule has 2 aromatic heterocycles. The predicted octanol–water partition coefficient (Wildman–Crippen LogP) is 4.69. The maximum Gasteiger partial charge on any atom is 0.246 e. The minimum absolute atomic E-state index is 0.0430. The lowest BCUT2D eigenvalue weighted by Crippen LogP contribution is -2.48. The zero-order valence-electron chi connectivity index (χ0n) is 17.9. The first-order chi connectivity index (χ1) is 15.1. The number of hydrogen-bond acceptors (Lipinski definition) is 3. The summed E-state index contributed by atoms with van der Waals surface area (Å²) in [5, 5.41) is 2.29. The van der Waals surface area contributed by atoms with Crippen molar-refractivity contribution in [3.8, 4) is 0 Å². The zero-order valence-corrected chi connectivity index (χ0v) is 17.9. The Kier molecular flexibility index (Phi) is 4.94. The second-order valence-corrected chi connectivity index (χ2v) is 8.19. The molecule has 0 radical (unpaired) electrons. The van der Waals surface area contributed by atoms with E-state index in [0.717, 1.165) is 48.3 Å². The first-order valence-electron chi connectivity index (χ1n) is 10.7. The van der Waals surface area contributed by atoms with Gasteiger partial charge in [-0.2, -0.15) is 0 Å². The van der Waals surface area contributed by atoms with Crippen molar-refractivity contribution in [1.29, 1.82) is 0 Å². The standard InChI is InChI=1S/C26H26N4O/c1-18-6-5-9-25(19(18)2)29-12-14-30(15-13-29)26(31)11-10-20-16-22-21-7-3-4-8-23(21)28-24(22)17-27-20/h3-11,16-17,28H,12-15H2,1-2H3/b11-10+. The quantitative estimate of drug-likeness (QED) is 0.498. The van der Waals surface area contributed by atoms with Gasteiger partial charge in [-0.25, -0.2) is 0 Å². The molecule has 0 aliphatic carbocycles. The fraction of sp³-hybridized carbons (Fsp3) is 0.231. The molecule has 0 saturated carbocycles. The van der Waals surface area contributed by atoms with Crippen molar-refractivity contribution in [2.24, 2.45) is 0 Å². The Morgan fingerprint density at radius 1 is 0.968 bits per heavy atom. The molecule has 5 nitrogen and oxygen atoms in total. The normalized spacial score (nSPS) is 14.8. The maximum absolute atomic E-state index is 12.7. The maximum atomic E-state index is 12.7. The van der Waals surface area contributed by atoms with Gasteiger partial charge in [0.05, 0.1) is 17.4 Å². The molecular weight excluding hydrogens is 384 g/mol. The molecule has 0 spiro atoms. The monoisotopic (exact) mass is 410 g/mol. The van der Waals surface area contributed by atoms with Gasteiger partial charge in [0, 0.05) is 54.2 Å². The summed E-state index contributed by atoms with van der Waals surface area (Å²) >= 11 is 0. The van der Waals surface area contributed by atoms with Crippen LogP contribution in [0.3, 0.4) is 0 Å². The highest BCUT2D eigenvalue weighted by atomic mass is 16.2. The average molecular weight is 411 g/mol. The van der Waals surface area contributed by atoms with E-state index in [1.165, 1.54) is 22.2 Å². The lowest BCUT2D eigenvalue weighted by Gasteiger charge is -2.36. The van der Waals surface area contributed by atoms with Crippen LogP contribution in [0, 0.1) is 13.8 Å². The van der Waals surface area contributed by atoms with E-state index in [1.807, 2.05) is 35.4 Å². The molecule has 2 aromatic carbocycles. The number of pyridine rings is 1. The number of fused-ring (bicyclic) bond motifs is 3. The van der Waals surface area contributed by atoms with Crippen molar-refractivity contribution in [1.82, 2.24) is 14.9 Å². The third-order valence-corrected chi connectivity index (χ3v) is 6.32. The van der Waals surface area contributed by atoms with Crippen molar-refractivity contribution in [3.05, 3.63) is 77.6 Å². The molecule has 1 amide bonds. The van der Waals surface area contributed by atoms with Crippen LogP contribution in [0.5, 0.6) is 0 Å². The molecule has 1 fully saturated rings. The molecule has 4 aromatic rings. The highest BCUT2D eigenvalue weighted by molar-refractivity contribution is 6.07. The molecule has 1 aliphatic rings. The molecule has 5 rings (SSSR count). The Hall–Kier alpha value is -3.60. The molecule has 1 saturated heterocycles. The van der Waals surface area contributed by atoms with Crippen LogP contribution in [-0.2, 0) is 4.79 Å².